The number of carbonyl (C=O) groups excluding carboxylic acids is 1. The van der Waals surface area contributed by atoms with Gasteiger partial charge in [0.25, 0.3) is 0 Å². The summed E-state index contributed by atoms with van der Waals surface area (Å²) in [5, 5.41) is 9.75. The van der Waals surface area contributed by atoms with Crippen LogP contribution in [0.5, 0.6) is 11.5 Å². The zero-order chi connectivity index (χ0) is 19.4. The molecule has 0 aliphatic carbocycles. The van der Waals surface area contributed by atoms with Crippen LogP contribution in [0.1, 0.15) is 13.8 Å². The SMILES string of the molecule is COc1cc(N2CCN(CC(=O)N3CCN(C(C)C)CC3)CC2)ccc1O. The Kier molecular flexibility index (Phi) is 6.44. The lowest BCUT2D eigenvalue weighted by molar-refractivity contribution is -0.134. The van der Waals surface area contributed by atoms with E-state index in [-0.39, 0.29) is 11.7 Å². The maximum Gasteiger partial charge on any atom is 0.236 e. The van der Waals surface area contributed by atoms with Crippen LogP contribution in [0.15, 0.2) is 18.2 Å². The van der Waals surface area contributed by atoms with E-state index in [1.807, 2.05) is 17.0 Å². The van der Waals surface area contributed by atoms with Crippen LogP contribution < -0.4 is 9.64 Å². The second-order valence-corrected chi connectivity index (χ2v) is 7.63. The summed E-state index contributed by atoms with van der Waals surface area (Å²) in [6.45, 7) is 12.0. The minimum atomic E-state index is 0.156. The number of hydrogen-bond acceptors (Lipinski definition) is 6. The molecular formula is C20H32N4O3. The standard InChI is InChI=1S/C20H32N4O3/c1-16(2)22-10-12-24(13-11-22)20(26)15-21-6-8-23(9-7-21)17-4-5-18(25)19(14-17)27-3/h4-5,14,16,25H,6-13,15H2,1-3H3. The average molecular weight is 377 g/mol. The number of rotatable bonds is 5. The molecule has 2 fully saturated rings. The Hall–Kier alpha value is -1.99. The summed E-state index contributed by atoms with van der Waals surface area (Å²) in [7, 11) is 1.56. The molecule has 150 valence electrons. The topological polar surface area (TPSA) is 59.5 Å². The van der Waals surface area contributed by atoms with E-state index >= 15 is 0 Å². The van der Waals surface area contributed by atoms with Crippen molar-refractivity contribution in [2.75, 3.05) is 70.9 Å². The fourth-order valence-electron chi connectivity index (χ4n) is 3.81. The molecule has 0 bridgehead atoms. The predicted octanol–water partition coefficient (Wildman–Crippen LogP) is 1.08. The van der Waals surface area contributed by atoms with Gasteiger partial charge in [-0.3, -0.25) is 14.6 Å². The molecule has 2 aliphatic rings. The first-order valence-corrected chi connectivity index (χ1v) is 9.84. The lowest BCUT2D eigenvalue weighted by Crippen LogP contribution is -2.54. The van der Waals surface area contributed by atoms with Crippen molar-refractivity contribution in [2.45, 2.75) is 19.9 Å². The number of anilines is 1. The van der Waals surface area contributed by atoms with Gasteiger partial charge in [-0.1, -0.05) is 0 Å². The van der Waals surface area contributed by atoms with Crippen LogP contribution in [0.25, 0.3) is 0 Å². The van der Waals surface area contributed by atoms with Crippen molar-refractivity contribution >= 4 is 11.6 Å². The molecule has 0 aromatic heterocycles. The highest BCUT2D eigenvalue weighted by Gasteiger charge is 2.25. The van der Waals surface area contributed by atoms with Gasteiger partial charge in [0.1, 0.15) is 0 Å². The minimum absolute atomic E-state index is 0.156. The van der Waals surface area contributed by atoms with Crippen LogP contribution in [0.4, 0.5) is 5.69 Å². The molecule has 0 saturated carbocycles. The molecule has 2 saturated heterocycles. The molecule has 0 unspecified atom stereocenters. The van der Waals surface area contributed by atoms with Crippen molar-refractivity contribution in [1.29, 1.82) is 0 Å². The number of methoxy groups -OCH3 is 1. The van der Waals surface area contributed by atoms with Crippen molar-refractivity contribution in [1.82, 2.24) is 14.7 Å². The molecule has 2 aliphatic heterocycles. The number of nitrogens with zero attached hydrogens (tertiary/aromatic N) is 4. The summed E-state index contributed by atoms with van der Waals surface area (Å²) in [5.41, 5.74) is 1.04. The van der Waals surface area contributed by atoms with E-state index in [9.17, 15) is 9.90 Å². The molecule has 27 heavy (non-hydrogen) atoms. The molecular weight excluding hydrogens is 344 g/mol. The molecule has 1 aromatic rings. The van der Waals surface area contributed by atoms with E-state index in [0.717, 1.165) is 58.0 Å². The van der Waals surface area contributed by atoms with Crippen molar-refractivity contribution in [2.24, 2.45) is 0 Å². The monoisotopic (exact) mass is 376 g/mol. The Balaban J connectivity index is 1.46. The van der Waals surface area contributed by atoms with Crippen molar-refractivity contribution in [3.05, 3.63) is 18.2 Å². The molecule has 7 heteroatoms. The zero-order valence-electron chi connectivity index (χ0n) is 16.7. The molecule has 2 heterocycles. The number of amides is 1. The van der Waals surface area contributed by atoms with Crippen LogP contribution in [0.3, 0.4) is 0 Å². The van der Waals surface area contributed by atoms with Crippen LogP contribution in [-0.4, -0.2) is 97.8 Å². The number of benzene rings is 1. The molecule has 0 radical (unpaired) electrons. The summed E-state index contributed by atoms with van der Waals surface area (Å²) in [4.78, 5) is 21.6. The van der Waals surface area contributed by atoms with Gasteiger partial charge in [-0.05, 0) is 26.0 Å². The largest absolute Gasteiger partial charge is 0.504 e. The van der Waals surface area contributed by atoms with Crippen LogP contribution >= 0.6 is 0 Å². The van der Waals surface area contributed by atoms with Gasteiger partial charge >= 0.3 is 0 Å². The normalized spacial score (nSPS) is 19.6. The lowest BCUT2D eigenvalue weighted by atomic mass is 10.2. The first-order chi connectivity index (χ1) is 13.0. The molecule has 0 atom stereocenters. The molecule has 0 spiro atoms. The van der Waals surface area contributed by atoms with Crippen LogP contribution in [-0.2, 0) is 4.79 Å². The summed E-state index contributed by atoms with van der Waals surface area (Å²) in [6.07, 6.45) is 0. The molecule has 3 rings (SSSR count). The first-order valence-electron chi connectivity index (χ1n) is 9.84. The van der Waals surface area contributed by atoms with Gasteiger partial charge in [0.15, 0.2) is 11.5 Å². The minimum Gasteiger partial charge on any atom is -0.504 e. The molecule has 7 nitrogen and oxygen atoms in total. The molecule has 1 N–H and O–H groups in total. The van der Waals surface area contributed by atoms with E-state index < -0.39 is 0 Å². The smallest absolute Gasteiger partial charge is 0.236 e. The number of phenolic OH excluding ortho intramolecular Hbond substituents is 1. The number of aromatic hydroxyl groups is 1. The Morgan fingerprint density at radius 2 is 1.74 bits per heavy atom. The van der Waals surface area contributed by atoms with Crippen molar-refractivity contribution in [3.63, 3.8) is 0 Å². The van der Waals surface area contributed by atoms with Crippen LogP contribution in [0, 0.1) is 0 Å². The molecule has 1 aromatic carbocycles. The number of phenols is 1. The summed E-state index contributed by atoms with van der Waals surface area (Å²) < 4.78 is 5.20. The quantitative estimate of drug-likeness (QED) is 0.830. The lowest BCUT2D eigenvalue weighted by Gasteiger charge is -2.39. The van der Waals surface area contributed by atoms with Gasteiger partial charge in [-0.25, -0.2) is 0 Å². The Morgan fingerprint density at radius 1 is 1.07 bits per heavy atom. The van der Waals surface area contributed by atoms with E-state index in [1.165, 1.54) is 0 Å². The van der Waals surface area contributed by atoms with Gasteiger partial charge in [0.05, 0.1) is 13.7 Å². The summed E-state index contributed by atoms with van der Waals surface area (Å²) in [5.74, 6) is 0.895. The van der Waals surface area contributed by atoms with Crippen molar-refractivity contribution < 1.29 is 14.6 Å². The van der Waals surface area contributed by atoms with E-state index in [4.69, 9.17) is 4.74 Å². The second-order valence-electron chi connectivity index (χ2n) is 7.63. The third-order valence-electron chi connectivity index (χ3n) is 5.66. The fraction of sp³-hybridized carbons (Fsp3) is 0.650. The molecule has 1 amide bonds. The number of carbonyl (C=O) groups is 1. The number of hydrogen-bond donors (Lipinski definition) is 1. The third kappa shape index (κ3) is 4.84. The van der Waals surface area contributed by atoms with E-state index in [2.05, 4.69) is 28.5 Å². The highest BCUT2D eigenvalue weighted by Crippen LogP contribution is 2.30. The number of ether oxygens (including phenoxy) is 1. The van der Waals surface area contributed by atoms with Gasteiger partial charge in [-0.2, -0.15) is 0 Å². The van der Waals surface area contributed by atoms with Gasteiger partial charge < -0.3 is 19.6 Å². The highest BCUT2D eigenvalue weighted by molar-refractivity contribution is 5.78. The predicted molar refractivity (Wildman–Crippen MR) is 107 cm³/mol. The Labute approximate surface area is 162 Å². The Bertz CT molecular complexity index is 636. The average Bonchev–Trinajstić information content (AvgIpc) is 2.69. The van der Waals surface area contributed by atoms with E-state index in [0.29, 0.717) is 18.3 Å². The fourth-order valence-corrected chi connectivity index (χ4v) is 3.81. The van der Waals surface area contributed by atoms with Gasteiger partial charge in [-0.15, -0.1) is 0 Å². The van der Waals surface area contributed by atoms with Gasteiger partial charge in [0.2, 0.25) is 5.91 Å². The summed E-state index contributed by atoms with van der Waals surface area (Å²) >= 11 is 0. The maximum absolute atomic E-state index is 12.6. The van der Waals surface area contributed by atoms with Crippen LogP contribution in [0.2, 0.25) is 0 Å². The number of piperazine rings is 2. The third-order valence-corrected chi connectivity index (χ3v) is 5.66. The second kappa shape index (κ2) is 8.80. The highest BCUT2D eigenvalue weighted by atomic mass is 16.5. The zero-order valence-corrected chi connectivity index (χ0v) is 16.7. The Morgan fingerprint density at radius 3 is 2.33 bits per heavy atom. The van der Waals surface area contributed by atoms with Gasteiger partial charge in [0, 0.05) is 70.2 Å². The maximum atomic E-state index is 12.6. The summed E-state index contributed by atoms with van der Waals surface area (Å²) in [6, 6.07) is 5.99. The first kappa shape index (κ1) is 19.8. The van der Waals surface area contributed by atoms with Crippen molar-refractivity contribution in [3.8, 4) is 11.5 Å². The van der Waals surface area contributed by atoms with E-state index in [1.54, 1.807) is 13.2 Å².